The molecule has 1 aromatic heterocycles. The fourth-order valence-corrected chi connectivity index (χ4v) is 4.94. The lowest BCUT2D eigenvalue weighted by Crippen LogP contribution is -2.46. The summed E-state index contributed by atoms with van der Waals surface area (Å²) in [5.74, 6) is 3.23. The number of nitrogens with one attached hydrogen (secondary N) is 3. The topological polar surface area (TPSA) is 81.7 Å². The molecule has 7 nitrogen and oxygen atoms in total. The van der Waals surface area contributed by atoms with E-state index >= 15 is 0 Å². The van der Waals surface area contributed by atoms with Gasteiger partial charge in [-0.2, -0.15) is 0 Å². The standard InChI is InChI=1S/C23H33N5O2.HI/c1-28(2)21(29)14-26-23(27-19-12-15-7-8-16(19)11-15)24-10-9-17-13-25-18-5-4-6-20(30-3)22(17)18;/h4-6,13,15-16,19,25H,7-12,14H2,1-3H3,(H2,24,26,27);1H. The summed E-state index contributed by atoms with van der Waals surface area (Å²) in [5.41, 5.74) is 2.29. The molecular weight excluding hydrogens is 505 g/mol. The minimum absolute atomic E-state index is 0. The molecule has 3 N–H and O–H groups in total. The van der Waals surface area contributed by atoms with Crippen molar-refractivity contribution in [1.82, 2.24) is 20.5 Å². The summed E-state index contributed by atoms with van der Waals surface area (Å²) in [6.07, 6.45) is 8.10. The smallest absolute Gasteiger partial charge is 0.243 e. The van der Waals surface area contributed by atoms with E-state index in [0.29, 0.717) is 6.04 Å². The van der Waals surface area contributed by atoms with Crippen LogP contribution in [0.5, 0.6) is 5.75 Å². The SMILES string of the molecule is COc1cccc2[nH]cc(CCNC(=NCC(=O)N(C)C)NC3CC4CCC3C4)c12.I. The molecule has 31 heavy (non-hydrogen) atoms. The number of guanidine groups is 1. The van der Waals surface area contributed by atoms with Crippen LogP contribution in [0.2, 0.25) is 0 Å². The number of carbonyl (C=O) groups is 1. The highest BCUT2D eigenvalue weighted by Gasteiger charge is 2.39. The number of halogens is 1. The van der Waals surface area contributed by atoms with Crippen LogP contribution in [0.4, 0.5) is 0 Å². The molecule has 2 saturated carbocycles. The van der Waals surface area contributed by atoms with Gasteiger partial charge in [0.1, 0.15) is 12.3 Å². The number of carbonyl (C=O) groups excluding carboxylic acids is 1. The van der Waals surface area contributed by atoms with Gasteiger partial charge < -0.3 is 25.3 Å². The van der Waals surface area contributed by atoms with Crippen LogP contribution in [0.25, 0.3) is 10.9 Å². The van der Waals surface area contributed by atoms with Gasteiger partial charge in [-0.25, -0.2) is 4.99 Å². The van der Waals surface area contributed by atoms with Gasteiger partial charge in [0, 0.05) is 43.8 Å². The number of likely N-dealkylation sites (N-methyl/N-ethyl adjacent to an activating group) is 1. The van der Waals surface area contributed by atoms with Crippen molar-refractivity contribution in [2.24, 2.45) is 16.8 Å². The van der Waals surface area contributed by atoms with Gasteiger partial charge >= 0.3 is 0 Å². The predicted octanol–water partition coefficient (Wildman–Crippen LogP) is 3.15. The molecular formula is C23H34IN5O2. The molecule has 2 bridgehead atoms. The fraction of sp³-hybridized carbons (Fsp3) is 0.565. The van der Waals surface area contributed by atoms with E-state index < -0.39 is 0 Å². The molecule has 2 aliphatic rings. The summed E-state index contributed by atoms with van der Waals surface area (Å²) in [6, 6.07) is 6.51. The fourth-order valence-electron chi connectivity index (χ4n) is 4.94. The quantitative estimate of drug-likeness (QED) is 0.287. The van der Waals surface area contributed by atoms with Crippen LogP contribution < -0.4 is 15.4 Å². The van der Waals surface area contributed by atoms with Crippen molar-refractivity contribution in [2.45, 2.75) is 38.1 Å². The lowest BCUT2D eigenvalue weighted by molar-refractivity contribution is -0.127. The van der Waals surface area contributed by atoms with Crippen LogP contribution in [0.3, 0.4) is 0 Å². The molecule has 170 valence electrons. The molecule has 1 aromatic carbocycles. The molecule has 8 heteroatoms. The zero-order chi connectivity index (χ0) is 21.1. The van der Waals surface area contributed by atoms with E-state index in [1.807, 2.05) is 18.3 Å². The number of hydrogen-bond donors (Lipinski definition) is 3. The third-order valence-corrected chi connectivity index (χ3v) is 6.59. The Labute approximate surface area is 201 Å². The van der Waals surface area contributed by atoms with Crippen molar-refractivity contribution in [3.05, 3.63) is 30.0 Å². The van der Waals surface area contributed by atoms with E-state index in [1.165, 1.54) is 31.2 Å². The normalized spacial score (nSPS) is 22.3. The third kappa shape index (κ3) is 5.45. The van der Waals surface area contributed by atoms with Gasteiger partial charge in [0.05, 0.1) is 7.11 Å². The maximum Gasteiger partial charge on any atom is 0.243 e. The van der Waals surface area contributed by atoms with Gasteiger partial charge in [-0.3, -0.25) is 4.79 Å². The highest BCUT2D eigenvalue weighted by atomic mass is 127. The van der Waals surface area contributed by atoms with Crippen LogP contribution in [-0.4, -0.2) is 62.1 Å². The van der Waals surface area contributed by atoms with Crippen LogP contribution in [-0.2, 0) is 11.2 Å². The zero-order valence-corrected chi connectivity index (χ0v) is 20.9. The average Bonchev–Trinajstić information content (AvgIpc) is 3.47. The number of benzene rings is 1. The lowest BCUT2D eigenvalue weighted by atomic mass is 9.95. The number of H-pyrrole nitrogens is 1. The Balaban J connectivity index is 0.00000272. The first-order valence-corrected chi connectivity index (χ1v) is 10.9. The lowest BCUT2D eigenvalue weighted by Gasteiger charge is -2.25. The summed E-state index contributed by atoms with van der Waals surface area (Å²) in [7, 11) is 5.23. The highest BCUT2D eigenvalue weighted by molar-refractivity contribution is 14.0. The molecule has 2 fully saturated rings. The summed E-state index contributed by atoms with van der Waals surface area (Å²) in [5, 5.41) is 8.20. The molecule has 3 atom stereocenters. The molecule has 0 saturated heterocycles. The molecule has 0 aliphatic heterocycles. The van der Waals surface area contributed by atoms with Crippen LogP contribution in [0.15, 0.2) is 29.4 Å². The van der Waals surface area contributed by atoms with E-state index in [2.05, 4.69) is 26.7 Å². The second-order valence-corrected chi connectivity index (χ2v) is 8.75. The van der Waals surface area contributed by atoms with E-state index in [9.17, 15) is 4.79 Å². The van der Waals surface area contributed by atoms with Gasteiger partial charge in [-0.15, -0.1) is 24.0 Å². The number of rotatable bonds is 7. The molecule has 4 rings (SSSR count). The number of methoxy groups -OCH3 is 1. The number of hydrogen-bond acceptors (Lipinski definition) is 3. The molecule has 3 unspecified atom stereocenters. The monoisotopic (exact) mass is 539 g/mol. The van der Waals surface area contributed by atoms with Crippen molar-refractivity contribution in [1.29, 1.82) is 0 Å². The first-order valence-electron chi connectivity index (χ1n) is 10.9. The van der Waals surface area contributed by atoms with E-state index in [4.69, 9.17) is 4.74 Å². The Kier molecular flexibility index (Phi) is 8.07. The number of aliphatic imine (C=N–C) groups is 1. The summed E-state index contributed by atoms with van der Waals surface area (Å²) >= 11 is 0. The Bertz CT molecular complexity index is 926. The first-order chi connectivity index (χ1) is 14.5. The van der Waals surface area contributed by atoms with Gasteiger partial charge in [0.2, 0.25) is 5.91 Å². The third-order valence-electron chi connectivity index (χ3n) is 6.59. The average molecular weight is 539 g/mol. The molecule has 2 aromatic rings. The second-order valence-electron chi connectivity index (χ2n) is 8.75. The Morgan fingerprint density at radius 1 is 1.29 bits per heavy atom. The number of aromatic amines is 1. The number of aromatic nitrogens is 1. The van der Waals surface area contributed by atoms with Crippen molar-refractivity contribution < 1.29 is 9.53 Å². The minimum atomic E-state index is 0. The molecule has 0 spiro atoms. The largest absolute Gasteiger partial charge is 0.496 e. The minimum Gasteiger partial charge on any atom is -0.496 e. The maximum absolute atomic E-state index is 12.0. The zero-order valence-electron chi connectivity index (χ0n) is 18.6. The molecule has 1 amide bonds. The molecule has 1 heterocycles. The van der Waals surface area contributed by atoms with Gasteiger partial charge in [0.25, 0.3) is 0 Å². The van der Waals surface area contributed by atoms with E-state index in [0.717, 1.165) is 47.4 Å². The second kappa shape index (κ2) is 10.6. The van der Waals surface area contributed by atoms with E-state index in [1.54, 1.807) is 26.1 Å². The van der Waals surface area contributed by atoms with Gasteiger partial charge in [0.15, 0.2) is 5.96 Å². The van der Waals surface area contributed by atoms with Crippen molar-refractivity contribution in [2.75, 3.05) is 34.3 Å². The van der Waals surface area contributed by atoms with E-state index in [-0.39, 0.29) is 36.4 Å². The predicted molar refractivity (Wildman–Crippen MR) is 135 cm³/mol. The highest BCUT2D eigenvalue weighted by Crippen LogP contribution is 2.44. The molecule has 2 aliphatic carbocycles. The summed E-state index contributed by atoms with van der Waals surface area (Å²) in [4.78, 5) is 21.5. The summed E-state index contributed by atoms with van der Waals surface area (Å²) in [6.45, 7) is 0.887. The maximum atomic E-state index is 12.0. The Morgan fingerprint density at radius 3 is 2.81 bits per heavy atom. The van der Waals surface area contributed by atoms with Crippen LogP contribution >= 0.6 is 24.0 Å². The summed E-state index contributed by atoms with van der Waals surface area (Å²) < 4.78 is 5.54. The number of amides is 1. The van der Waals surface area contributed by atoms with Gasteiger partial charge in [-0.05, 0) is 55.2 Å². The molecule has 0 radical (unpaired) electrons. The number of ether oxygens (including phenoxy) is 1. The number of nitrogens with zero attached hydrogens (tertiary/aromatic N) is 2. The van der Waals surface area contributed by atoms with Crippen LogP contribution in [0, 0.1) is 11.8 Å². The van der Waals surface area contributed by atoms with Gasteiger partial charge in [-0.1, -0.05) is 12.5 Å². The first kappa shape index (κ1) is 23.7. The van der Waals surface area contributed by atoms with Crippen molar-refractivity contribution in [3.8, 4) is 5.75 Å². The van der Waals surface area contributed by atoms with Crippen LogP contribution in [0.1, 0.15) is 31.2 Å². The Hall–Kier alpha value is -1.97. The van der Waals surface area contributed by atoms with Crippen molar-refractivity contribution in [3.63, 3.8) is 0 Å². The van der Waals surface area contributed by atoms with Crippen molar-refractivity contribution >= 4 is 46.7 Å². The number of fused-ring (bicyclic) bond motifs is 3. The Morgan fingerprint density at radius 2 is 2.13 bits per heavy atom.